The van der Waals surface area contributed by atoms with E-state index < -0.39 is 17.9 Å². The van der Waals surface area contributed by atoms with Crippen molar-refractivity contribution in [2.24, 2.45) is 17.6 Å². The van der Waals surface area contributed by atoms with Crippen LogP contribution in [0.15, 0.2) is 0 Å². The maximum Gasteiger partial charge on any atom is 0.317 e. The second-order valence-corrected chi connectivity index (χ2v) is 5.26. The molecule has 4 N–H and O–H groups in total. The summed E-state index contributed by atoms with van der Waals surface area (Å²) < 4.78 is 0. The molecule has 0 aromatic carbocycles. The minimum atomic E-state index is -0.880. The van der Waals surface area contributed by atoms with Crippen LogP contribution < -0.4 is 11.1 Å². The average Bonchev–Trinajstić information content (AvgIpc) is 2.30. The SMILES string of the molecule is CCN(CC(N)=O)C(=O)NCC(CC(=O)O)CC(C)C. The summed E-state index contributed by atoms with van der Waals surface area (Å²) in [5, 5.41) is 11.5. The van der Waals surface area contributed by atoms with Crippen molar-refractivity contribution in [2.75, 3.05) is 19.6 Å². The number of amides is 3. The molecule has 0 saturated heterocycles. The van der Waals surface area contributed by atoms with E-state index in [-0.39, 0.29) is 25.4 Å². The van der Waals surface area contributed by atoms with Crippen LogP contribution in [0, 0.1) is 11.8 Å². The van der Waals surface area contributed by atoms with E-state index in [1.54, 1.807) is 6.92 Å². The van der Waals surface area contributed by atoms with Crippen LogP contribution in [0.5, 0.6) is 0 Å². The summed E-state index contributed by atoms with van der Waals surface area (Å²) in [6.45, 7) is 6.24. The molecule has 0 radical (unpaired) electrons. The summed E-state index contributed by atoms with van der Waals surface area (Å²) in [7, 11) is 0. The first-order chi connectivity index (χ1) is 9.26. The summed E-state index contributed by atoms with van der Waals surface area (Å²) in [6, 6.07) is -0.398. The monoisotopic (exact) mass is 287 g/mol. The van der Waals surface area contributed by atoms with Gasteiger partial charge in [0.2, 0.25) is 5.91 Å². The fourth-order valence-electron chi connectivity index (χ4n) is 2.01. The van der Waals surface area contributed by atoms with E-state index in [1.807, 2.05) is 13.8 Å². The molecule has 1 atom stereocenters. The smallest absolute Gasteiger partial charge is 0.317 e. The van der Waals surface area contributed by atoms with Gasteiger partial charge in [-0.1, -0.05) is 13.8 Å². The zero-order chi connectivity index (χ0) is 15.7. The van der Waals surface area contributed by atoms with Gasteiger partial charge in [-0.2, -0.15) is 0 Å². The third-order valence-electron chi connectivity index (χ3n) is 2.83. The first-order valence-electron chi connectivity index (χ1n) is 6.79. The van der Waals surface area contributed by atoms with E-state index in [4.69, 9.17) is 10.8 Å². The molecule has 0 spiro atoms. The van der Waals surface area contributed by atoms with Gasteiger partial charge >= 0.3 is 12.0 Å². The van der Waals surface area contributed by atoms with Crippen molar-refractivity contribution in [3.8, 4) is 0 Å². The number of rotatable bonds is 9. The number of hydrogen-bond donors (Lipinski definition) is 3. The Hall–Kier alpha value is -1.79. The lowest BCUT2D eigenvalue weighted by Gasteiger charge is -2.22. The van der Waals surface area contributed by atoms with Crippen molar-refractivity contribution in [3.05, 3.63) is 0 Å². The van der Waals surface area contributed by atoms with Crippen LogP contribution in [0.1, 0.15) is 33.6 Å². The largest absolute Gasteiger partial charge is 0.481 e. The Morgan fingerprint density at radius 3 is 2.30 bits per heavy atom. The van der Waals surface area contributed by atoms with E-state index in [0.29, 0.717) is 18.9 Å². The van der Waals surface area contributed by atoms with Gasteiger partial charge in [0.05, 0.1) is 0 Å². The fraction of sp³-hybridized carbons (Fsp3) is 0.769. The normalized spacial score (nSPS) is 12.0. The highest BCUT2D eigenvalue weighted by molar-refractivity contribution is 5.82. The summed E-state index contributed by atoms with van der Waals surface area (Å²) in [6.07, 6.45) is 0.731. The molecule has 0 bridgehead atoms. The number of nitrogens with one attached hydrogen (secondary N) is 1. The Morgan fingerprint density at radius 1 is 1.30 bits per heavy atom. The third kappa shape index (κ3) is 8.34. The van der Waals surface area contributed by atoms with Crippen molar-refractivity contribution >= 4 is 17.9 Å². The van der Waals surface area contributed by atoms with Gasteiger partial charge in [-0.25, -0.2) is 4.79 Å². The van der Waals surface area contributed by atoms with Crippen molar-refractivity contribution in [3.63, 3.8) is 0 Å². The van der Waals surface area contributed by atoms with Crippen LogP contribution in [0.4, 0.5) is 4.79 Å². The zero-order valence-electron chi connectivity index (χ0n) is 12.4. The predicted molar refractivity (Wildman–Crippen MR) is 75.0 cm³/mol. The molecule has 0 aliphatic carbocycles. The van der Waals surface area contributed by atoms with Gasteiger partial charge in [0.25, 0.3) is 0 Å². The van der Waals surface area contributed by atoms with Crippen molar-refractivity contribution in [1.29, 1.82) is 0 Å². The van der Waals surface area contributed by atoms with Gasteiger partial charge in [0, 0.05) is 19.5 Å². The van der Waals surface area contributed by atoms with E-state index in [1.165, 1.54) is 4.90 Å². The lowest BCUT2D eigenvalue weighted by atomic mass is 9.94. The summed E-state index contributed by atoms with van der Waals surface area (Å²) in [5.41, 5.74) is 5.06. The van der Waals surface area contributed by atoms with Gasteiger partial charge < -0.3 is 21.1 Å². The van der Waals surface area contributed by atoms with Crippen molar-refractivity contribution < 1.29 is 19.5 Å². The van der Waals surface area contributed by atoms with E-state index in [2.05, 4.69) is 5.32 Å². The molecule has 0 aliphatic rings. The van der Waals surface area contributed by atoms with E-state index in [0.717, 1.165) is 0 Å². The number of primary amides is 1. The average molecular weight is 287 g/mol. The Labute approximate surface area is 119 Å². The van der Waals surface area contributed by atoms with Crippen LogP contribution in [0.25, 0.3) is 0 Å². The summed E-state index contributed by atoms with van der Waals surface area (Å²) in [5.74, 6) is -1.23. The van der Waals surface area contributed by atoms with Crippen LogP contribution in [-0.2, 0) is 9.59 Å². The molecule has 0 saturated carbocycles. The maximum atomic E-state index is 11.8. The number of likely N-dealkylation sites (N-methyl/N-ethyl adjacent to an activating group) is 1. The number of aliphatic carboxylic acids is 1. The van der Waals surface area contributed by atoms with E-state index >= 15 is 0 Å². The van der Waals surface area contributed by atoms with Gasteiger partial charge in [0.1, 0.15) is 6.54 Å². The van der Waals surface area contributed by atoms with Crippen molar-refractivity contribution in [2.45, 2.75) is 33.6 Å². The Bertz CT molecular complexity index is 345. The highest BCUT2D eigenvalue weighted by Crippen LogP contribution is 2.14. The Morgan fingerprint density at radius 2 is 1.90 bits per heavy atom. The molecular weight excluding hydrogens is 262 g/mol. The minimum Gasteiger partial charge on any atom is -0.481 e. The Balaban J connectivity index is 4.39. The maximum absolute atomic E-state index is 11.8. The zero-order valence-corrected chi connectivity index (χ0v) is 12.4. The van der Waals surface area contributed by atoms with Crippen LogP contribution in [0.2, 0.25) is 0 Å². The first kappa shape index (κ1) is 18.2. The first-order valence-corrected chi connectivity index (χ1v) is 6.79. The van der Waals surface area contributed by atoms with Crippen molar-refractivity contribution in [1.82, 2.24) is 10.2 Å². The molecule has 3 amide bonds. The van der Waals surface area contributed by atoms with Crippen LogP contribution >= 0.6 is 0 Å². The summed E-state index contributed by atoms with van der Waals surface area (Å²) in [4.78, 5) is 34.7. The molecule has 0 aromatic heterocycles. The quantitative estimate of drug-likeness (QED) is 0.577. The number of hydrogen-bond acceptors (Lipinski definition) is 3. The van der Waals surface area contributed by atoms with Gasteiger partial charge in [-0.3, -0.25) is 9.59 Å². The lowest BCUT2D eigenvalue weighted by Crippen LogP contribution is -2.45. The molecule has 116 valence electrons. The molecule has 20 heavy (non-hydrogen) atoms. The van der Waals surface area contributed by atoms with Crippen LogP contribution in [-0.4, -0.2) is 47.5 Å². The molecule has 0 rings (SSSR count). The fourth-order valence-corrected chi connectivity index (χ4v) is 2.01. The van der Waals surface area contributed by atoms with Gasteiger partial charge in [-0.05, 0) is 25.2 Å². The second kappa shape index (κ2) is 9.17. The molecular formula is C13H25N3O4. The number of carboxylic acids is 1. The number of urea groups is 1. The number of carboxylic acid groups (broad SMARTS) is 1. The molecule has 0 aromatic rings. The molecule has 7 heteroatoms. The molecule has 0 heterocycles. The number of nitrogens with zero attached hydrogens (tertiary/aromatic N) is 1. The Kier molecular flexibility index (Phi) is 8.35. The number of carbonyl (C=O) groups is 3. The number of nitrogens with two attached hydrogens (primary N) is 1. The lowest BCUT2D eigenvalue weighted by molar-refractivity contribution is -0.138. The summed E-state index contributed by atoms with van der Waals surface area (Å²) >= 11 is 0. The van der Waals surface area contributed by atoms with Gasteiger partial charge in [-0.15, -0.1) is 0 Å². The highest BCUT2D eigenvalue weighted by atomic mass is 16.4. The molecule has 7 nitrogen and oxygen atoms in total. The standard InChI is InChI=1S/C13H25N3O4/c1-4-16(8-11(14)17)13(20)15-7-10(5-9(2)3)6-12(18)19/h9-10H,4-8H2,1-3H3,(H2,14,17)(H,15,20)(H,18,19). The highest BCUT2D eigenvalue weighted by Gasteiger charge is 2.18. The van der Waals surface area contributed by atoms with Crippen LogP contribution in [0.3, 0.4) is 0 Å². The predicted octanol–water partition coefficient (Wildman–Crippen LogP) is 0.640. The minimum absolute atomic E-state index is 0.0143. The van der Waals surface area contributed by atoms with E-state index in [9.17, 15) is 14.4 Å². The second-order valence-electron chi connectivity index (χ2n) is 5.26. The topological polar surface area (TPSA) is 113 Å². The number of carbonyl (C=O) groups excluding carboxylic acids is 2. The molecule has 0 aliphatic heterocycles. The van der Waals surface area contributed by atoms with Gasteiger partial charge in [0.15, 0.2) is 0 Å². The third-order valence-corrected chi connectivity index (χ3v) is 2.83. The molecule has 1 unspecified atom stereocenters. The molecule has 0 fully saturated rings.